The zero-order chi connectivity index (χ0) is 10.1. The fraction of sp³-hybridized carbons (Fsp3) is 0.909. The number of aliphatic carboxylic acids is 1. The Morgan fingerprint density at radius 1 is 1.54 bits per heavy atom. The van der Waals surface area contributed by atoms with Crippen LogP contribution in [0.5, 0.6) is 0 Å². The van der Waals surface area contributed by atoms with E-state index >= 15 is 0 Å². The molecular weight excluding hydrogens is 164 g/mol. The van der Waals surface area contributed by atoms with Crippen molar-refractivity contribution in [3.8, 4) is 0 Å². The van der Waals surface area contributed by atoms with Crippen molar-refractivity contribution >= 4 is 5.97 Å². The largest absolute Gasteiger partial charge is 0.481 e. The highest BCUT2D eigenvalue weighted by Crippen LogP contribution is 2.44. The summed E-state index contributed by atoms with van der Waals surface area (Å²) >= 11 is 0. The number of carbonyl (C=O) groups is 1. The third-order valence-electron chi connectivity index (χ3n) is 3.76. The van der Waals surface area contributed by atoms with Crippen LogP contribution < -0.4 is 0 Å². The topological polar surface area (TPSA) is 37.3 Å². The number of carboxylic acids is 1. The monoisotopic (exact) mass is 184 g/mol. The van der Waals surface area contributed by atoms with Crippen LogP contribution in [0.4, 0.5) is 0 Å². The molecule has 0 heterocycles. The second-order valence-electron chi connectivity index (χ2n) is 4.94. The Kier molecular flexibility index (Phi) is 2.99. The summed E-state index contributed by atoms with van der Waals surface area (Å²) in [7, 11) is 0. The zero-order valence-electron chi connectivity index (χ0n) is 8.84. The smallest absolute Gasteiger partial charge is 0.306 e. The van der Waals surface area contributed by atoms with Gasteiger partial charge in [-0.1, -0.05) is 27.2 Å². The predicted molar refractivity (Wildman–Crippen MR) is 52.5 cm³/mol. The van der Waals surface area contributed by atoms with E-state index in [0.717, 1.165) is 19.3 Å². The standard InChI is InChI=1S/C11H20O2/c1-8(2)11(3)6-4-5-9(7-11)10(12)13/h8-9H,4-7H2,1-3H3,(H,12,13)/t9-,11+/m0/s1. The van der Waals surface area contributed by atoms with Gasteiger partial charge in [-0.25, -0.2) is 0 Å². The van der Waals surface area contributed by atoms with E-state index in [9.17, 15) is 4.79 Å². The van der Waals surface area contributed by atoms with Gasteiger partial charge >= 0.3 is 5.97 Å². The van der Waals surface area contributed by atoms with Gasteiger partial charge in [-0.15, -0.1) is 0 Å². The Bertz CT molecular complexity index is 198. The summed E-state index contributed by atoms with van der Waals surface area (Å²) in [6.45, 7) is 6.63. The molecule has 1 rings (SSSR count). The first-order chi connectivity index (χ1) is 5.96. The van der Waals surface area contributed by atoms with Gasteiger partial charge < -0.3 is 5.11 Å². The minimum absolute atomic E-state index is 0.0962. The van der Waals surface area contributed by atoms with Crippen LogP contribution in [-0.4, -0.2) is 11.1 Å². The van der Waals surface area contributed by atoms with E-state index in [1.807, 2.05) is 0 Å². The lowest BCUT2D eigenvalue weighted by Gasteiger charge is -2.40. The van der Waals surface area contributed by atoms with Crippen molar-refractivity contribution in [2.24, 2.45) is 17.3 Å². The molecule has 13 heavy (non-hydrogen) atoms. The molecule has 0 amide bonds. The molecule has 76 valence electrons. The van der Waals surface area contributed by atoms with Crippen LogP contribution in [0.25, 0.3) is 0 Å². The molecule has 0 radical (unpaired) electrons. The molecular formula is C11H20O2. The Morgan fingerprint density at radius 3 is 2.62 bits per heavy atom. The summed E-state index contributed by atoms with van der Waals surface area (Å²) in [4.78, 5) is 10.9. The van der Waals surface area contributed by atoms with Crippen molar-refractivity contribution in [3.63, 3.8) is 0 Å². The Balaban J connectivity index is 2.65. The Labute approximate surface area is 80.3 Å². The molecule has 1 N–H and O–H groups in total. The van der Waals surface area contributed by atoms with E-state index < -0.39 is 5.97 Å². The maximum absolute atomic E-state index is 10.9. The first kappa shape index (κ1) is 10.6. The summed E-state index contributed by atoms with van der Waals surface area (Å²) in [6, 6.07) is 0. The van der Waals surface area contributed by atoms with E-state index in [1.54, 1.807) is 0 Å². The fourth-order valence-electron chi connectivity index (χ4n) is 2.25. The van der Waals surface area contributed by atoms with E-state index in [4.69, 9.17) is 5.11 Å². The maximum Gasteiger partial charge on any atom is 0.306 e. The van der Waals surface area contributed by atoms with Crippen molar-refractivity contribution in [2.45, 2.75) is 46.5 Å². The van der Waals surface area contributed by atoms with Gasteiger partial charge in [-0.3, -0.25) is 4.79 Å². The lowest BCUT2D eigenvalue weighted by atomic mass is 9.65. The molecule has 2 atom stereocenters. The van der Waals surface area contributed by atoms with Crippen LogP contribution >= 0.6 is 0 Å². The molecule has 0 bridgehead atoms. The maximum atomic E-state index is 10.9. The van der Waals surface area contributed by atoms with Gasteiger partial charge in [0.2, 0.25) is 0 Å². The molecule has 1 saturated carbocycles. The fourth-order valence-corrected chi connectivity index (χ4v) is 2.25. The molecule has 2 nitrogen and oxygen atoms in total. The number of carboxylic acid groups (broad SMARTS) is 1. The van der Waals surface area contributed by atoms with Crippen molar-refractivity contribution in [3.05, 3.63) is 0 Å². The molecule has 0 saturated heterocycles. The number of hydrogen-bond donors (Lipinski definition) is 1. The highest BCUT2D eigenvalue weighted by Gasteiger charge is 2.37. The van der Waals surface area contributed by atoms with E-state index in [1.165, 1.54) is 6.42 Å². The van der Waals surface area contributed by atoms with Gasteiger partial charge in [0.1, 0.15) is 0 Å². The highest BCUT2D eigenvalue weighted by atomic mass is 16.4. The molecule has 1 fully saturated rings. The molecule has 0 aliphatic heterocycles. The SMILES string of the molecule is CC(C)[C@]1(C)CCC[C@H](C(=O)O)C1. The molecule has 0 unspecified atom stereocenters. The van der Waals surface area contributed by atoms with Gasteiger partial charge in [0.15, 0.2) is 0 Å². The third-order valence-corrected chi connectivity index (χ3v) is 3.76. The van der Waals surface area contributed by atoms with Crippen molar-refractivity contribution in [2.75, 3.05) is 0 Å². The van der Waals surface area contributed by atoms with Gasteiger partial charge in [0.05, 0.1) is 5.92 Å². The quantitative estimate of drug-likeness (QED) is 0.716. The van der Waals surface area contributed by atoms with Crippen LogP contribution in [0.15, 0.2) is 0 Å². The van der Waals surface area contributed by atoms with Gasteiger partial charge in [-0.2, -0.15) is 0 Å². The van der Waals surface area contributed by atoms with Gasteiger partial charge in [0.25, 0.3) is 0 Å². The second-order valence-corrected chi connectivity index (χ2v) is 4.94. The summed E-state index contributed by atoms with van der Waals surface area (Å²) < 4.78 is 0. The van der Waals surface area contributed by atoms with E-state index in [-0.39, 0.29) is 11.3 Å². The average Bonchev–Trinajstić information content (AvgIpc) is 2.04. The van der Waals surface area contributed by atoms with E-state index in [0.29, 0.717) is 5.92 Å². The van der Waals surface area contributed by atoms with Crippen LogP contribution in [0.2, 0.25) is 0 Å². The minimum Gasteiger partial charge on any atom is -0.481 e. The van der Waals surface area contributed by atoms with Crippen LogP contribution in [-0.2, 0) is 4.79 Å². The van der Waals surface area contributed by atoms with Crippen LogP contribution in [0.1, 0.15) is 46.5 Å². The van der Waals surface area contributed by atoms with Gasteiger partial charge in [-0.05, 0) is 30.6 Å². The molecule has 0 aromatic heterocycles. The lowest BCUT2D eigenvalue weighted by molar-refractivity contribution is -0.144. The summed E-state index contributed by atoms with van der Waals surface area (Å²) in [6.07, 6.45) is 4.00. The molecule has 1 aliphatic rings. The third kappa shape index (κ3) is 2.23. The number of hydrogen-bond acceptors (Lipinski definition) is 1. The van der Waals surface area contributed by atoms with Gasteiger partial charge in [0, 0.05) is 0 Å². The van der Waals surface area contributed by atoms with Crippen molar-refractivity contribution in [1.29, 1.82) is 0 Å². The lowest BCUT2D eigenvalue weighted by Crippen LogP contribution is -2.33. The Morgan fingerprint density at radius 2 is 2.15 bits per heavy atom. The Hall–Kier alpha value is -0.530. The molecule has 1 aliphatic carbocycles. The summed E-state index contributed by atoms with van der Waals surface area (Å²) in [5.41, 5.74) is 0.251. The predicted octanol–water partition coefficient (Wildman–Crippen LogP) is 2.92. The van der Waals surface area contributed by atoms with Crippen molar-refractivity contribution < 1.29 is 9.90 Å². The first-order valence-electron chi connectivity index (χ1n) is 5.18. The molecule has 0 aromatic carbocycles. The minimum atomic E-state index is -0.605. The zero-order valence-corrected chi connectivity index (χ0v) is 8.84. The average molecular weight is 184 g/mol. The van der Waals surface area contributed by atoms with Crippen LogP contribution in [0.3, 0.4) is 0 Å². The molecule has 0 aromatic rings. The van der Waals surface area contributed by atoms with Crippen LogP contribution in [0, 0.1) is 17.3 Å². The summed E-state index contributed by atoms with van der Waals surface area (Å²) in [5, 5.41) is 8.95. The first-order valence-corrected chi connectivity index (χ1v) is 5.18. The summed E-state index contributed by atoms with van der Waals surface area (Å²) in [5.74, 6) is -0.109. The molecule has 2 heteroatoms. The highest BCUT2D eigenvalue weighted by molar-refractivity contribution is 5.70. The number of rotatable bonds is 2. The second kappa shape index (κ2) is 3.69. The van der Waals surface area contributed by atoms with Crippen molar-refractivity contribution in [1.82, 2.24) is 0 Å². The molecule has 0 spiro atoms. The normalized spacial score (nSPS) is 34.9. The van der Waals surface area contributed by atoms with E-state index in [2.05, 4.69) is 20.8 Å².